The van der Waals surface area contributed by atoms with Crippen molar-refractivity contribution >= 4 is 15.9 Å². The first-order chi connectivity index (χ1) is 7.77. The van der Waals surface area contributed by atoms with E-state index in [2.05, 4.69) is 15.9 Å². The maximum Gasteiger partial charge on any atom is 0.0687 e. The van der Waals surface area contributed by atoms with E-state index >= 15 is 0 Å². The number of halogens is 1. The maximum atomic E-state index is 6.34. The minimum Gasteiger partial charge on any atom is -0.372 e. The summed E-state index contributed by atoms with van der Waals surface area (Å²) in [6, 6.07) is 0. The van der Waals surface area contributed by atoms with Crippen molar-refractivity contribution in [1.82, 2.24) is 0 Å². The van der Waals surface area contributed by atoms with Crippen LogP contribution in [-0.4, -0.2) is 16.5 Å². The molecule has 92 valence electrons. The molecule has 0 N–H and O–H groups in total. The fourth-order valence-electron chi connectivity index (χ4n) is 3.52. The summed E-state index contributed by atoms with van der Waals surface area (Å²) < 4.78 is 6.34. The van der Waals surface area contributed by atoms with E-state index in [4.69, 9.17) is 4.74 Å². The number of rotatable bonds is 4. The van der Waals surface area contributed by atoms with Crippen LogP contribution >= 0.6 is 15.9 Å². The Hall–Kier alpha value is 0.440. The zero-order chi connectivity index (χ0) is 11.0. The molecule has 2 unspecified atom stereocenters. The van der Waals surface area contributed by atoms with Crippen LogP contribution in [0.15, 0.2) is 0 Å². The third kappa shape index (κ3) is 2.48. The first-order valence-electron chi connectivity index (χ1n) is 7.09. The molecule has 1 nitrogen and oxygen atoms in total. The molecule has 1 heterocycles. The highest BCUT2D eigenvalue weighted by molar-refractivity contribution is 9.09. The van der Waals surface area contributed by atoms with Gasteiger partial charge in [0.2, 0.25) is 0 Å². The quantitative estimate of drug-likeness (QED) is 0.695. The standard InChI is InChI=1S/C14H23BrO/c15-13(11-3-4-11)6-5-12-7-10-14(16-12)8-1-2-9-14/h11-13H,1-10H2. The lowest BCUT2D eigenvalue weighted by Crippen LogP contribution is -2.25. The molecule has 3 fully saturated rings. The lowest BCUT2D eigenvalue weighted by atomic mass is 9.97. The minimum absolute atomic E-state index is 0.339. The lowest BCUT2D eigenvalue weighted by molar-refractivity contribution is -0.0394. The average Bonchev–Trinajstić information content (AvgIpc) is 2.94. The Morgan fingerprint density at radius 2 is 1.88 bits per heavy atom. The lowest BCUT2D eigenvalue weighted by Gasteiger charge is -2.24. The third-order valence-corrected chi connectivity index (χ3v) is 5.96. The van der Waals surface area contributed by atoms with E-state index in [-0.39, 0.29) is 0 Å². The summed E-state index contributed by atoms with van der Waals surface area (Å²) >= 11 is 3.83. The van der Waals surface area contributed by atoms with Crippen molar-refractivity contribution in [3.8, 4) is 0 Å². The van der Waals surface area contributed by atoms with E-state index in [0.717, 1.165) is 10.7 Å². The Morgan fingerprint density at radius 3 is 2.56 bits per heavy atom. The van der Waals surface area contributed by atoms with Gasteiger partial charge in [0, 0.05) is 4.83 Å². The second-order valence-corrected chi connectivity index (χ2v) is 7.28. The van der Waals surface area contributed by atoms with Gasteiger partial charge in [-0.2, -0.15) is 0 Å². The van der Waals surface area contributed by atoms with Gasteiger partial charge in [-0.1, -0.05) is 28.8 Å². The van der Waals surface area contributed by atoms with Crippen LogP contribution in [0, 0.1) is 5.92 Å². The average molecular weight is 287 g/mol. The molecular weight excluding hydrogens is 264 g/mol. The molecule has 1 aliphatic heterocycles. The highest BCUT2D eigenvalue weighted by Gasteiger charge is 2.42. The summed E-state index contributed by atoms with van der Waals surface area (Å²) in [5.41, 5.74) is 0.339. The van der Waals surface area contributed by atoms with Gasteiger partial charge >= 0.3 is 0 Å². The van der Waals surface area contributed by atoms with Crippen molar-refractivity contribution in [1.29, 1.82) is 0 Å². The molecule has 1 saturated heterocycles. The molecule has 3 rings (SSSR count). The molecule has 0 aromatic carbocycles. The smallest absolute Gasteiger partial charge is 0.0687 e. The molecule has 3 aliphatic rings. The van der Waals surface area contributed by atoms with Crippen molar-refractivity contribution in [3.05, 3.63) is 0 Å². The second-order valence-electron chi connectivity index (χ2n) is 6.10. The molecular formula is C14H23BrO. The van der Waals surface area contributed by atoms with E-state index in [9.17, 15) is 0 Å². The van der Waals surface area contributed by atoms with Crippen LogP contribution in [0.3, 0.4) is 0 Å². The Labute approximate surface area is 107 Å². The molecule has 2 aliphatic carbocycles. The number of alkyl halides is 1. The maximum absolute atomic E-state index is 6.34. The van der Waals surface area contributed by atoms with E-state index < -0.39 is 0 Å². The van der Waals surface area contributed by atoms with E-state index in [0.29, 0.717) is 11.7 Å². The van der Waals surface area contributed by atoms with Crippen LogP contribution in [0.4, 0.5) is 0 Å². The predicted molar refractivity (Wildman–Crippen MR) is 70.0 cm³/mol. The van der Waals surface area contributed by atoms with Crippen LogP contribution in [0.5, 0.6) is 0 Å². The number of hydrogen-bond donors (Lipinski definition) is 0. The highest BCUT2D eigenvalue weighted by Crippen LogP contribution is 2.45. The molecule has 16 heavy (non-hydrogen) atoms. The molecule has 0 aromatic heterocycles. The summed E-state index contributed by atoms with van der Waals surface area (Å²) in [5, 5.41) is 0. The predicted octanol–water partition coefficient (Wildman–Crippen LogP) is 4.43. The number of hydrogen-bond acceptors (Lipinski definition) is 1. The molecule has 2 saturated carbocycles. The van der Waals surface area contributed by atoms with Crippen molar-refractivity contribution in [2.75, 3.05) is 0 Å². The van der Waals surface area contributed by atoms with Gasteiger partial charge in [0.25, 0.3) is 0 Å². The van der Waals surface area contributed by atoms with Crippen LogP contribution in [-0.2, 0) is 4.74 Å². The fraction of sp³-hybridized carbons (Fsp3) is 1.00. The fourth-order valence-corrected chi connectivity index (χ4v) is 4.32. The van der Waals surface area contributed by atoms with Gasteiger partial charge in [-0.05, 0) is 57.3 Å². The van der Waals surface area contributed by atoms with Gasteiger partial charge < -0.3 is 4.74 Å². The topological polar surface area (TPSA) is 9.23 Å². The van der Waals surface area contributed by atoms with Crippen LogP contribution < -0.4 is 0 Å². The van der Waals surface area contributed by atoms with Crippen molar-refractivity contribution in [2.45, 2.75) is 80.7 Å². The Kier molecular flexibility index (Phi) is 3.32. The zero-order valence-electron chi connectivity index (χ0n) is 10.1. The molecule has 0 bridgehead atoms. The van der Waals surface area contributed by atoms with Gasteiger partial charge in [0.05, 0.1) is 11.7 Å². The Balaban J connectivity index is 1.43. The van der Waals surface area contributed by atoms with Crippen molar-refractivity contribution < 1.29 is 4.74 Å². The first kappa shape index (κ1) is 11.5. The second kappa shape index (κ2) is 4.61. The van der Waals surface area contributed by atoms with Crippen molar-refractivity contribution in [3.63, 3.8) is 0 Å². The van der Waals surface area contributed by atoms with Crippen LogP contribution in [0.1, 0.15) is 64.2 Å². The highest BCUT2D eigenvalue weighted by atomic mass is 79.9. The first-order valence-corrected chi connectivity index (χ1v) is 8.01. The molecule has 0 amide bonds. The van der Waals surface area contributed by atoms with E-state index in [1.807, 2.05) is 0 Å². The Bertz CT molecular complexity index is 243. The Morgan fingerprint density at radius 1 is 1.12 bits per heavy atom. The van der Waals surface area contributed by atoms with Gasteiger partial charge in [-0.3, -0.25) is 0 Å². The van der Waals surface area contributed by atoms with Gasteiger partial charge in [-0.25, -0.2) is 0 Å². The molecule has 1 spiro atoms. The third-order valence-electron chi connectivity index (χ3n) is 4.75. The van der Waals surface area contributed by atoms with Gasteiger partial charge in [0.15, 0.2) is 0 Å². The van der Waals surface area contributed by atoms with Gasteiger partial charge in [-0.15, -0.1) is 0 Å². The SMILES string of the molecule is BrC(CCC1CCC2(CCCC2)O1)C1CC1. The largest absolute Gasteiger partial charge is 0.372 e. The molecule has 2 heteroatoms. The molecule has 0 radical (unpaired) electrons. The number of ether oxygens (including phenoxy) is 1. The zero-order valence-corrected chi connectivity index (χ0v) is 11.7. The summed E-state index contributed by atoms with van der Waals surface area (Å²) in [6.45, 7) is 0. The van der Waals surface area contributed by atoms with Gasteiger partial charge in [0.1, 0.15) is 0 Å². The van der Waals surface area contributed by atoms with E-state index in [1.165, 1.54) is 64.2 Å². The monoisotopic (exact) mass is 286 g/mol. The van der Waals surface area contributed by atoms with E-state index in [1.54, 1.807) is 0 Å². The summed E-state index contributed by atoms with van der Waals surface area (Å²) in [6.07, 6.45) is 14.2. The van der Waals surface area contributed by atoms with Crippen LogP contribution in [0.2, 0.25) is 0 Å². The summed E-state index contributed by atoms with van der Waals surface area (Å²) in [7, 11) is 0. The van der Waals surface area contributed by atoms with Crippen molar-refractivity contribution in [2.24, 2.45) is 5.92 Å². The summed E-state index contributed by atoms with van der Waals surface area (Å²) in [4.78, 5) is 0.774. The normalized spacial score (nSPS) is 34.7. The molecule has 2 atom stereocenters. The molecule has 0 aromatic rings. The summed E-state index contributed by atoms with van der Waals surface area (Å²) in [5.74, 6) is 0.988. The van der Waals surface area contributed by atoms with Crippen LogP contribution in [0.25, 0.3) is 0 Å². The minimum atomic E-state index is 0.339.